The molecule has 6 nitrogen and oxygen atoms in total. The van der Waals surface area contributed by atoms with Crippen LogP contribution in [-0.4, -0.2) is 53.3 Å². The van der Waals surface area contributed by atoms with Gasteiger partial charge in [0.2, 0.25) is 5.91 Å². The van der Waals surface area contributed by atoms with Crippen molar-refractivity contribution in [1.82, 2.24) is 9.80 Å². The van der Waals surface area contributed by atoms with Gasteiger partial charge in [-0.15, -0.1) is 0 Å². The number of carbonyl (C=O) groups excluding carboxylic acids is 2. The molecule has 1 aromatic heterocycles. The van der Waals surface area contributed by atoms with Crippen LogP contribution in [-0.2, 0) is 4.79 Å². The van der Waals surface area contributed by atoms with Gasteiger partial charge in [0.25, 0.3) is 5.91 Å². The highest BCUT2D eigenvalue weighted by atomic mass is 16.3. The molecule has 2 fully saturated rings. The molecule has 4 rings (SSSR count). The maximum atomic E-state index is 13.1. The molecule has 2 amide bonds. The topological polar surface area (TPSA) is 65.8 Å². The van der Waals surface area contributed by atoms with Gasteiger partial charge in [-0.2, -0.15) is 0 Å². The highest BCUT2D eigenvalue weighted by Gasteiger charge is 2.38. The number of hydrogen-bond acceptors (Lipinski definition) is 4. The highest BCUT2D eigenvalue weighted by molar-refractivity contribution is 5.96. The van der Waals surface area contributed by atoms with Crippen LogP contribution in [0.5, 0.6) is 0 Å². The van der Waals surface area contributed by atoms with Crippen molar-refractivity contribution in [3.05, 3.63) is 54.0 Å². The molecule has 1 unspecified atom stereocenters. The van der Waals surface area contributed by atoms with E-state index in [2.05, 4.69) is 24.4 Å². The third kappa shape index (κ3) is 3.77. The predicted molar refractivity (Wildman–Crippen MR) is 107 cm³/mol. The van der Waals surface area contributed by atoms with Crippen molar-refractivity contribution in [3.63, 3.8) is 0 Å². The Morgan fingerprint density at radius 1 is 1.04 bits per heavy atom. The number of carbonyl (C=O) groups is 2. The minimum atomic E-state index is -0.363. The van der Waals surface area contributed by atoms with Crippen molar-refractivity contribution in [1.29, 1.82) is 0 Å². The standard InChI is InChI=1S/C22H27N3O3/c1-16-6-2-3-7-18(16)23-17-10-13-24(14-11-17)21(26)19-8-4-12-25(19)22(27)20-9-5-15-28-20/h2-3,5-7,9,15,17,19,23H,4,8,10-14H2,1H3. The molecule has 2 saturated heterocycles. The maximum absolute atomic E-state index is 13.1. The highest BCUT2D eigenvalue weighted by Crippen LogP contribution is 2.25. The number of anilines is 1. The number of hydrogen-bond donors (Lipinski definition) is 1. The molecule has 148 valence electrons. The average Bonchev–Trinajstić information content (AvgIpc) is 3.41. The summed E-state index contributed by atoms with van der Waals surface area (Å²) in [5, 5.41) is 3.61. The molecule has 6 heteroatoms. The van der Waals surface area contributed by atoms with Crippen LogP contribution < -0.4 is 5.32 Å². The lowest BCUT2D eigenvalue weighted by atomic mass is 10.0. The van der Waals surface area contributed by atoms with E-state index in [1.54, 1.807) is 17.0 Å². The largest absolute Gasteiger partial charge is 0.459 e. The van der Waals surface area contributed by atoms with Crippen molar-refractivity contribution in [2.75, 3.05) is 25.0 Å². The summed E-state index contributed by atoms with van der Waals surface area (Å²) in [5.74, 6) is 0.199. The van der Waals surface area contributed by atoms with Crippen LogP contribution >= 0.6 is 0 Å². The lowest BCUT2D eigenvalue weighted by Gasteiger charge is -2.36. The second kappa shape index (κ2) is 8.09. The zero-order chi connectivity index (χ0) is 19.5. The first-order valence-electron chi connectivity index (χ1n) is 10.1. The first-order chi connectivity index (χ1) is 13.6. The summed E-state index contributed by atoms with van der Waals surface area (Å²) in [6.45, 7) is 4.16. The summed E-state index contributed by atoms with van der Waals surface area (Å²) in [4.78, 5) is 29.3. The van der Waals surface area contributed by atoms with Crippen LogP contribution in [0.3, 0.4) is 0 Å². The minimum absolute atomic E-state index is 0.0757. The number of piperidine rings is 1. The van der Waals surface area contributed by atoms with Crippen LogP contribution in [0.1, 0.15) is 41.8 Å². The fourth-order valence-corrected chi connectivity index (χ4v) is 4.22. The molecular weight excluding hydrogens is 354 g/mol. The fraction of sp³-hybridized carbons (Fsp3) is 0.455. The van der Waals surface area contributed by atoms with Crippen molar-refractivity contribution in [2.24, 2.45) is 0 Å². The lowest BCUT2D eigenvalue weighted by molar-refractivity contribution is -0.136. The van der Waals surface area contributed by atoms with E-state index in [-0.39, 0.29) is 17.9 Å². The van der Waals surface area contributed by atoms with E-state index in [1.807, 2.05) is 17.0 Å². The molecule has 2 aliphatic heterocycles. The van der Waals surface area contributed by atoms with E-state index in [0.29, 0.717) is 18.3 Å². The normalized spacial score (nSPS) is 20.4. The number of aryl methyl sites for hydroxylation is 1. The Kier molecular flexibility index (Phi) is 5.37. The molecule has 1 N–H and O–H groups in total. The van der Waals surface area contributed by atoms with Gasteiger partial charge in [0.05, 0.1) is 6.26 Å². The van der Waals surface area contributed by atoms with Gasteiger partial charge in [0.1, 0.15) is 6.04 Å². The quantitative estimate of drug-likeness (QED) is 0.883. The third-order valence-corrected chi connectivity index (χ3v) is 5.84. The van der Waals surface area contributed by atoms with E-state index in [1.165, 1.54) is 17.5 Å². The molecule has 0 radical (unpaired) electrons. The van der Waals surface area contributed by atoms with Gasteiger partial charge in [-0.05, 0) is 56.4 Å². The van der Waals surface area contributed by atoms with Gasteiger partial charge in [-0.3, -0.25) is 9.59 Å². The Morgan fingerprint density at radius 3 is 2.54 bits per heavy atom. The Bertz CT molecular complexity index is 825. The molecule has 2 aromatic rings. The molecule has 28 heavy (non-hydrogen) atoms. The van der Waals surface area contributed by atoms with E-state index < -0.39 is 0 Å². The molecule has 1 aromatic carbocycles. The Labute approximate surface area is 165 Å². The monoisotopic (exact) mass is 381 g/mol. The van der Waals surface area contributed by atoms with Crippen LogP contribution in [0, 0.1) is 6.92 Å². The van der Waals surface area contributed by atoms with Crippen LogP contribution in [0.25, 0.3) is 0 Å². The smallest absolute Gasteiger partial charge is 0.290 e. The van der Waals surface area contributed by atoms with Gasteiger partial charge in [-0.1, -0.05) is 18.2 Å². The second-order valence-corrected chi connectivity index (χ2v) is 7.69. The summed E-state index contributed by atoms with van der Waals surface area (Å²) >= 11 is 0. The van der Waals surface area contributed by atoms with Gasteiger partial charge in [0, 0.05) is 31.4 Å². The summed E-state index contributed by atoms with van der Waals surface area (Å²) in [6.07, 6.45) is 4.91. The third-order valence-electron chi connectivity index (χ3n) is 5.84. The molecule has 0 aliphatic carbocycles. The first-order valence-corrected chi connectivity index (χ1v) is 10.1. The molecule has 0 spiro atoms. The van der Waals surface area contributed by atoms with E-state index in [0.717, 1.165) is 38.8 Å². The molecule has 1 atom stereocenters. The van der Waals surface area contributed by atoms with Crippen LogP contribution in [0.2, 0.25) is 0 Å². The summed E-state index contributed by atoms with van der Waals surface area (Å²) in [7, 11) is 0. The molecule has 0 saturated carbocycles. The van der Waals surface area contributed by atoms with Gasteiger partial charge in [0.15, 0.2) is 5.76 Å². The zero-order valence-electron chi connectivity index (χ0n) is 16.3. The van der Waals surface area contributed by atoms with Gasteiger partial charge >= 0.3 is 0 Å². The number of benzene rings is 1. The fourth-order valence-electron chi connectivity index (χ4n) is 4.22. The number of rotatable bonds is 4. The molecule has 3 heterocycles. The van der Waals surface area contributed by atoms with Crippen LogP contribution in [0.15, 0.2) is 47.1 Å². The van der Waals surface area contributed by atoms with Crippen molar-refractivity contribution < 1.29 is 14.0 Å². The van der Waals surface area contributed by atoms with Crippen molar-refractivity contribution in [3.8, 4) is 0 Å². The molecule has 2 aliphatic rings. The maximum Gasteiger partial charge on any atom is 0.290 e. The Hall–Kier alpha value is -2.76. The van der Waals surface area contributed by atoms with Gasteiger partial charge in [-0.25, -0.2) is 0 Å². The summed E-state index contributed by atoms with van der Waals surface area (Å²) in [6, 6.07) is 11.7. The number of furan rings is 1. The molecule has 0 bridgehead atoms. The lowest BCUT2D eigenvalue weighted by Crippen LogP contribution is -2.51. The van der Waals surface area contributed by atoms with Crippen molar-refractivity contribution >= 4 is 17.5 Å². The summed E-state index contributed by atoms with van der Waals surface area (Å²) in [5.41, 5.74) is 2.40. The Balaban J connectivity index is 1.34. The minimum Gasteiger partial charge on any atom is -0.459 e. The first kappa shape index (κ1) is 18.6. The summed E-state index contributed by atoms with van der Waals surface area (Å²) < 4.78 is 5.24. The van der Waals surface area contributed by atoms with Gasteiger partial charge < -0.3 is 19.5 Å². The second-order valence-electron chi connectivity index (χ2n) is 7.69. The Morgan fingerprint density at radius 2 is 1.82 bits per heavy atom. The predicted octanol–water partition coefficient (Wildman–Crippen LogP) is 3.30. The van der Waals surface area contributed by atoms with Crippen molar-refractivity contribution in [2.45, 2.75) is 44.7 Å². The number of nitrogens with zero attached hydrogens (tertiary/aromatic N) is 2. The average molecular weight is 381 g/mol. The number of nitrogens with one attached hydrogen (secondary N) is 1. The number of para-hydroxylation sites is 1. The zero-order valence-corrected chi connectivity index (χ0v) is 16.3. The van der Waals surface area contributed by atoms with E-state index >= 15 is 0 Å². The molecular formula is C22H27N3O3. The van der Waals surface area contributed by atoms with Crippen LogP contribution in [0.4, 0.5) is 5.69 Å². The van der Waals surface area contributed by atoms with E-state index in [4.69, 9.17) is 4.42 Å². The number of likely N-dealkylation sites (tertiary alicyclic amines) is 2. The number of amides is 2. The van der Waals surface area contributed by atoms with E-state index in [9.17, 15) is 9.59 Å². The SMILES string of the molecule is Cc1ccccc1NC1CCN(C(=O)C2CCCN2C(=O)c2ccco2)CC1.